The van der Waals surface area contributed by atoms with Crippen LogP contribution in [0, 0.1) is 0 Å². The van der Waals surface area contributed by atoms with Crippen molar-refractivity contribution in [2.45, 2.75) is 5.03 Å². The summed E-state index contributed by atoms with van der Waals surface area (Å²) >= 11 is 0.805. The first-order valence-electron chi connectivity index (χ1n) is 5.56. The van der Waals surface area contributed by atoms with Crippen LogP contribution in [0.1, 0.15) is 0 Å². The molecule has 2 aromatic rings. The van der Waals surface area contributed by atoms with Crippen LogP contribution in [-0.4, -0.2) is 10.9 Å². The molecule has 0 bridgehead atoms. The van der Waals surface area contributed by atoms with Gasteiger partial charge in [0, 0.05) is 18.0 Å². The van der Waals surface area contributed by atoms with Gasteiger partial charge >= 0.3 is 0 Å². The number of carbonyl (C=O) groups is 1. The third-order valence-corrected chi connectivity index (χ3v) is 2.89. The SMILES string of the molecule is O=C(/C=C(/F)Sc1ccccn1)Nc1ccccc1. The normalized spacial score (nSPS) is 11.1. The van der Waals surface area contributed by atoms with Crippen LogP contribution in [0.5, 0.6) is 0 Å². The van der Waals surface area contributed by atoms with Crippen LogP contribution >= 0.6 is 11.8 Å². The molecule has 2 rings (SSSR count). The van der Waals surface area contributed by atoms with Gasteiger partial charge in [0.05, 0.1) is 0 Å². The lowest BCUT2D eigenvalue weighted by molar-refractivity contribution is -0.112. The van der Waals surface area contributed by atoms with E-state index in [0.717, 1.165) is 17.8 Å². The third-order valence-electron chi connectivity index (χ3n) is 2.13. The number of benzene rings is 1. The first-order chi connectivity index (χ1) is 9.24. The molecule has 1 aromatic heterocycles. The molecule has 0 atom stereocenters. The topological polar surface area (TPSA) is 42.0 Å². The van der Waals surface area contributed by atoms with Crippen molar-refractivity contribution in [2.75, 3.05) is 5.32 Å². The van der Waals surface area contributed by atoms with E-state index in [1.807, 2.05) is 6.07 Å². The summed E-state index contributed by atoms with van der Waals surface area (Å²) in [6.07, 6.45) is 2.48. The minimum absolute atomic E-state index is 0.503. The fourth-order valence-electron chi connectivity index (χ4n) is 1.34. The van der Waals surface area contributed by atoms with E-state index < -0.39 is 11.1 Å². The van der Waals surface area contributed by atoms with E-state index in [9.17, 15) is 9.18 Å². The van der Waals surface area contributed by atoms with Crippen molar-refractivity contribution in [3.8, 4) is 0 Å². The Bertz CT molecular complexity index is 573. The number of hydrogen-bond acceptors (Lipinski definition) is 3. The number of amides is 1. The lowest BCUT2D eigenvalue weighted by Crippen LogP contribution is -2.07. The highest BCUT2D eigenvalue weighted by Crippen LogP contribution is 2.25. The number of anilines is 1. The zero-order valence-corrected chi connectivity index (χ0v) is 10.7. The van der Waals surface area contributed by atoms with Crippen LogP contribution < -0.4 is 5.32 Å². The maximum absolute atomic E-state index is 13.6. The van der Waals surface area contributed by atoms with Crippen molar-refractivity contribution in [1.29, 1.82) is 0 Å². The molecule has 0 aliphatic carbocycles. The zero-order chi connectivity index (χ0) is 13.5. The maximum atomic E-state index is 13.6. The first-order valence-corrected chi connectivity index (χ1v) is 6.38. The molecular formula is C14H11FN2OS. The highest BCUT2D eigenvalue weighted by molar-refractivity contribution is 8.02. The highest BCUT2D eigenvalue weighted by Gasteiger charge is 2.04. The number of para-hydroxylation sites is 1. The predicted molar refractivity (Wildman–Crippen MR) is 74.4 cm³/mol. The standard InChI is InChI=1S/C14H11FN2OS/c15-12(19-14-8-4-5-9-16-14)10-13(18)17-11-6-2-1-3-7-11/h1-10H,(H,17,18)/b12-10-. The minimum Gasteiger partial charge on any atom is -0.322 e. The zero-order valence-electron chi connectivity index (χ0n) is 9.92. The Morgan fingerprint density at radius 1 is 1.16 bits per heavy atom. The molecule has 0 saturated carbocycles. The minimum atomic E-state index is -0.605. The fourth-order valence-corrected chi connectivity index (χ4v) is 1.97. The number of nitrogens with one attached hydrogen (secondary N) is 1. The van der Waals surface area contributed by atoms with E-state index in [1.54, 1.807) is 48.7 Å². The van der Waals surface area contributed by atoms with Crippen molar-refractivity contribution in [2.24, 2.45) is 0 Å². The maximum Gasteiger partial charge on any atom is 0.251 e. The molecule has 0 unspecified atom stereocenters. The lowest BCUT2D eigenvalue weighted by atomic mass is 10.3. The number of nitrogens with zero attached hydrogens (tertiary/aromatic N) is 1. The van der Waals surface area contributed by atoms with Gasteiger partial charge in [-0.1, -0.05) is 24.3 Å². The Morgan fingerprint density at radius 2 is 1.89 bits per heavy atom. The third kappa shape index (κ3) is 4.56. The molecule has 3 nitrogen and oxygen atoms in total. The molecule has 1 N–H and O–H groups in total. The summed E-state index contributed by atoms with van der Waals surface area (Å²) in [5, 5.41) is 2.47. The number of carbonyl (C=O) groups excluding carboxylic acids is 1. The number of aromatic nitrogens is 1. The Balaban J connectivity index is 1.95. The molecule has 0 aliphatic rings. The number of hydrogen-bond donors (Lipinski definition) is 1. The highest BCUT2D eigenvalue weighted by atomic mass is 32.2. The molecule has 5 heteroatoms. The van der Waals surface area contributed by atoms with Crippen molar-refractivity contribution >= 4 is 23.4 Å². The van der Waals surface area contributed by atoms with Crippen LogP contribution in [0.3, 0.4) is 0 Å². The van der Waals surface area contributed by atoms with E-state index in [4.69, 9.17) is 0 Å². The molecule has 19 heavy (non-hydrogen) atoms. The average molecular weight is 274 g/mol. The van der Waals surface area contributed by atoms with Crippen molar-refractivity contribution in [1.82, 2.24) is 4.98 Å². The second-order valence-corrected chi connectivity index (χ2v) is 4.59. The van der Waals surface area contributed by atoms with E-state index in [2.05, 4.69) is 10.3 Å². The predicted octanol–water partition coefficient (Wildman–Crippen LogP) is 3.62. The molecule has 1 heterocycles. The van der Waals surface area contributed by atoms with Crippen molar-refractivity contribution in [3.05, 3.63) is 66.0 Å². The Morgan fingerprint density at radius 3 is 2.58 bits per heavy atom. The van der Waals surface area contributed by atoms with Crippen LogP contribution in [0.15, 0.2) is 71.0 Å². The van der Waals surface area contributed by atoms with Gasteiger partial charge in [-0.3, -0.25) is 4.79 Å². The molecule has 0 aliphatic heterocycles. The molecular weight excluding hydrogens is 263 g/mol. The molecule has 1 amide bonds. The van der Waals surface area contributed by atoms with Gasteiger partial charge in [0.25, 0.3) is 5.91 Å². The summed E-state index contributed by atoms with van der Waals surface area (Å²) < 4.78 is 13.6. The quantitative estimate of drug-likeness (QED) is 0.684. The summed E-state index contributed by atoms with van der Waals surface area (Å²) in [5.41, 5.74) is 0.624. The smallest absolute Gasteiger partial charge is 0.251 e. The van der Waals surface area contributed by atoms with Crippen LogP contribution in [0.25, 0.3) is 0 Å². The summed E-state index contributed by atoms with van der Waals surface area (Å²) in [6, 6.07) is 14.1. The van der Waals surface area contributed by atoms with Gasteiger partial charge in [0.15, 0.2) is 5.16 Å². The molecule has 0 fully saturated rings. The molecule has 1 aromatic carbocycles. The number of pyridine rings is 1. The Kier molecular flexibility index (Phi) is 4.69. The van der Waals surface area contributed by atoms with E-state index in [-0.39, 0.29) is 0 Å². The number of rotatable bonds is 4. The van der Waals surface area contributed by atoms with Gasteiger partial charge in [-0.05, 0) is 36.0 Å². The Hall–Kier alpha value is -2.14. The second kappa shape index (κ2) is 6.70. The van der Waals surface area contributed by atoms with Crippen molar-refractivity contribution in [3.63, 3.8) is 0 Å². The summed E-state index contributed by atoms with van der Waals surface area (Å²) in [7, 11) is 0. The number of halogens is 1. The van der Waals surface area contributed by atoms with Crippen molar-refractivity contribution < 1.29 is 9.18 Å². The first kappa shape index (κ1) is 13.3. The average Bonchev–Trinajstić information content (AvgIpc) is 2.40. The molecule has 96 valence electrons. The largest absolute Gasteiger partial charge is 0.322 e. The van der Waals surface area contributed by atoms with Crippen LogP contribution in [-0.2, 0) is 4.79 Å². The summed E-state index contributed by atoms with van der Waals surface area (Å²) in [4.78, 5) is 15.5. The van der Waals surface area contributed by atoms with Crippen LogP contribution in [0.4, 0.5) is 10.1 Å². The van der Waals surface area contributed by atoms with E-state index in [1.165, 1.54) is 0 Å². The van der Waals surface area contributed by atoms with Crippen LogP contribution in [0.2, 0.25) is 0 Å². The molecule has 0 saturated heterocycles. The van der Waals surface area contributed by atoms with E-state index >= 15 is 0 Å². The second-order valence-electron chi connectivity index (χ2n) is 3.57. The monoisotopic (exact) mass is 274 g/mol. The lowest BCUT2D eigenvalue weighted by Gasteiger charge is -2.01. The molecule has 0 spiro atoms. The number of thioether (sulfide) groups is 1. The molecule has 0 radical (unpaired) electrons. The van der Waals surface area contributed by atoms with E-state index in [0.29, 0.717) is 10.7 Å². The summed E-state index contributed by atoms with van der Waals surface area (Å²) in [6.45, 7) is 0. The fraction of sp³-hybridized carbons (Fsp3) is 0. The van der Waals surface area contributed by atoms with Gasteiger partial charge in [-0.2, -0.15) is 4.39 Å². The summed E-state index contributed by atoms with van der Waals surface area (Å²) in [5.74, 6) is -0.507. The van der Waals surface area contributed by atoms with Gasteiger partial charge in [0.2, 0.25) is 0 Å². The van der Waals surface area contributed by atoms with Gasteiger partial charge < -0.3 is 5.32 Å². The Labute approximate surface area is 114 Å². The van der Waals surface area contributed by atoms with Gasteiger partial charge in [-0.25, -0.2) is 4.98 Å². The van der Waals surface area contributed by atoms with Gasteiger partial charge in [0.1, 0.15) is 5.03 Å². The van der Waals surface area contributed by atoms with Gasteiger partial charge in [-0.15, -0.1) is 0 Å².